The van der Waals surface area contributed by atoms with Gasteiger partial charge in [0, 0.05) is 0 Å². The molecule has 1 aromatic carbocycles. The molecule has 1 fully saturated rings. The third-order valence-electron chi connectivity index (χ3n) is 3.64. The lowest BCUT2D eigenvalue weighted by molar-refractivity contribution is -0.127. The quantitative estimate of drug-likeness (QED) is 0.787. The van der Waals surface area contributed by atoms with Gasteiger partial charge in [-0.25, -0.2) is 18.1 Å². The van der Waals surface area contributed by atoms with Crippen molar-refractivity contribution in [2.24, 2.45) is 0 Å². The molecule has 2 aliphatic heterocycles. The van der Waals surface area contributed by atoms with Gasteiger partial charge >= 0.3 is 6.09 Å². The van der Waals surface area contributed by atoms with Crippen molar-refractivity contribution in [2.75, 3.05) is 23.7 Å². The van der Waals surface area contributed by atoms with E-state index in [1.807, 2.05) is 0 Å². The van der Waals surface area contributed by atoms with Crippen molar-refractivity contribution in [3.63, 3.8) is 0 Å². The summed E-state index contributed by atoms with van der Waals surface area (Å²) in [4.78, 5) is 24.5. The highest BCUT2D eigenvalue weighted by Crippen LogP contribution is 2.31. The number of anilines is 1. The molecule has 8 heteroatoms. The van der Waals surface area contributed by atoms with Gasteiger partial charge in [0.15, 0.2) is 6.61 Å². The van der Waals surface area contributed by atoms with Crippen LogP contribution in [-0.4, -0.2) is 50.8 Å². The first-order valence-corrected chi connectivity index (χ1v) is 8.27. The van der Waals surface area contributed by atoms with Gasteiger partial charge in [-0.1, -0.05) is 18.2 Å². The van der Waals surface area contributed by atoms with Gasteiger partial charge < -0.3 is 4.74 Å². The molecule has 21 heavy (non-hydrogen) atoms. The first-order chi connectivity index (χ1) is 9.88. The van der Waals surface area contributed by atoms with Crippen LogP contribution in [0.25, 0.3) is 0 Å². The SMILES string of the molecule is CS(=O)(=O)N1C[C@H](N2C(=O)COC2=O)Cc2ccccc21. The van der Waals surface area contributed by atoms with Crippen LogP contribution in [-0.2, 0) is 26.0 Å². The van der Waals surface area contributed by atoms with Crippen molar-refractivity contribution < 1.29 is 22.7 Å². The normalized spacial score (nSPS) is 22.2. The smallest absolute Gasteiger partial charge is 0.417 e. The summed E-state index contributed by atoms with van der Waals surface area (Å²) in [5, 5.41) is 0. The summed E-state index contributed by atoms with van der Waals surface area (Å²) in [6, 6.07) is 6.53. The van der Waals surface area contributed by atoms with E-state index in [9.17, 15) is 18.0 Å². The zero-order valence-corrected chi connectivity index (χ0v) is 12.2. The molecule has 0 aliphatic carbocycles. The highest BCUT2D eigenvalue weighted by Gasteiger charge is 2.41. The Kier molecular flexibility index (Phi) is 3.12. The molecule has 1 aromatic rings. The van der Waals surface area contributed by atoms with E-state index in [0.717, 1.165) is 16.7 Å². The van der Waals surface area contributed by atoms with Gasteiger partial charge in [-0.15, -0.1) is 0 Å². The minimum Gasteiger partial charge on any atom is -0.439 e. The first-order valence-electron chi connectivity index (χ1n) is 6.42. The monoisotopic (exact) mass is 310 g/mol. The summed E-state index contributed by atoms with van der Waals surface area (Å²) in [5.41, 5.74) is 1.38. The van der Waals surface area contributed by atoms with Crippen LogP contribution in [0.2, 0.25) is 0 Å². The molecule has 0 spiro atoms. The summed E-state index contributed by atoms with van der Waals surface area (Å²) in [6.45, 7) is -0.230. The minimum atomic E-state index is -3.49. The van der Waals surface area contributed by atoms with Crippen molar-refractivity contribution >= 4 is 27.7 Å². The van der Waals surface area contributed by atoms with E-state index in [-0.39, 0.29) is 13.2 Å². The first kappa shape index (κ1) is 13.9. The van der Waals surface area contributed by atoms with Crippen molar-refractivity contribution in [3.05, 3.63) is 29.8 Å². The van der Waals surface area contributed by atoms with Crippen LogP contribution in [0.3, 0.4) is 0 Å². The lowest BCUT2D eigenvalue weighted by Crippen LogP contribution is -2.51. The highest BCUT2D eigenvalue weighted by molar-refractivity contribution is 7.92. The van der Waals surface area contributed by atoms with Crippen LogP contribution in [0.5, 0.6) is 0 Å². The molecule has 2 amide bonds. The minimum absolute atomic E-state index is 0.0523. The number of sulfonamides is 1. The van der Waals surface area contributed by atoms with Crippen LogP contribution in [0, 0.1) is 0 Å². The topological polar surface area (TPSA) is 84.0 Å². The summed E-state index contributed by atoms with van der Waals surface area (Å²) in [5.74, 6) is -0.433. The van der Waals surface area contributed by atoms with Gasteiger partial charge in [0.05, 0.1) is 24.5 Å². The van der Waals surface area contributed by atoms with E-state index in [2.05, 4.69) is 0 Å². The molecule has 2 aliphatic rings. The number of amides is 2. The maximum absolute atomic E-state index is 12.0. The fraction of sp³-hybridized carbons (Fsp3) is 0.385. The predicted octanol–water partition coefficient (Wildman–Crippen LogP) is 0.356. The summed E-state index contributed by atoms with van der Waals surface area (Å²) < 4.78 is 29.9. The summed E-state index contributed by atoms with van der Waals surface area (Å²) in [7, 11) is -3.49. The number of ether oxygens (including phenoxy) is 1. The van der Waals surface area contributed by atoms with Crippen molar-refractivity contribution in [3.8, 4) is 0 Å². The zero-order valence-electron chi connectivity index (χ0n) is 11.4. The van der Waals surface area contributed by atoms with Gasteiger partial charge in [0.25, 0.3) is 5.91 Å². The fourth-order valence-corrected chi connectivity index (χ4v) is 3.72. The van der Waals surface area contributed by atoms with Gasteiger partial charge in [0.2, 0.25) is 10.0 Å². The number of benzene rings is 1. The van der Waals surface area contributed by atoms with E-state index >= 15 is 0 Å². The predicted molar refractivity (Wildman–Crippen MR) is 74.3 cm³/mol. The Balaban J connectivity index is 2.01. The molecule has 7 nitrogen and oxygen atoms in total. The Morgan fingerprint density at radius 1 is 1.24 bits per heavy atom. The number of hydrogen-bond acceptors (Lipinski definition) is 5. The van der Waals surface area contributed by atoms with Crippen LogP contribution in [0.15, 0.2) is 24.3 Å². The molecule has 0 unspecified atom stereocenters. The number of rotatable bonds is 2. The largest absolute Gasteiger partial charge is 0.439 e. The second kappa shape index (κ2) is 4.73. The second-order valence-electron chi connectivity index (χ2n) is 5.10. The van der Waals surface area contributed by atoms with Crippen molar-refractivity contribution in [2.45, 2.75) is 12.5 Å². The number of carbonyl (C=O) groups excluding carboxylic acids is 2. The highest BCUT2D eigenvalue weighted by atomic mass is 32.2. The Hall–Kier alpha value is -2.09. The number of imide groups is 1. The lowest BCUT2D eigenvalue weighted by Gasteiger charge is -2.36. The van der Waals surface area contributed by atoms with E-state index in [0.29, 0.717) is 12.1 Å². The van der Waals surface area contributed by atoms with Gasteiger partial charge in [0.1, 0.15) is 0 Å². The standard InChI is InChI=1S/C13H14N2O5S/c1-21(18,19)14-7-10(15-12(16)8-20-13(15)17)6-9-4-2-3-5-11(9)14/h2-5,10H,6-8H2,1H3/t10-/m1/s1. The summed E-state index contributed by atoms with van der Waals surface area (Å²) in [6.07, 6.45) is 0.817. The third-order valence-corrected chi connectivity index (χ3v) is 4.79. The van der Waals surface area contributed by atoms with Crippen molar-refractivity contribution in [1.29, 1.82) is 0 Å². The molecule has 2 heterocycles. The number of hydrogen-bond donors (Lipinski definition) is 0. The second-order valence-corrected chi connectivity index (χ2v) is 7.01. The molecule has 0 saturated carbocycles. The molecule has 0 aromatic heterocycles. The third kappa shape index (κ3) is 2.35. The maximum atomic E-state index is 12.0. The average molecular weight is 310 g/mol. The lowest BCUT2D eigenvalue weighted by atomic mass is 9.99. The molecule has 1 saturated heterocycles. The average Bonchev–Trinajstić information content (AvgIpc) is 2.76. The molecule has 0 radical (unpaired) electrons. The molecular formula is C13H14N2O5S. The van der Waals surface area contributed by atoms with Crippen LogP contribution >= 0.6 is 0 Å². The summed E-state index contributed by atoms with van der Waals surface area (Å²) >= 11 is 0. The number of para-hydroxylation sites is 1. The van der Waals surface area contributed by atoms with Crippen LogP contribution in [0.4, 0.5) is 10.5 Å². The van der Waals surface area contributed by atoms with Gasteiger partial charge in [-0.3, -0.25) is 9.10 Å². The van der Waals surface area contributed by atoms with Crippen molar-refractivity contribution in [1.82, 2.24) is 4.90 Å². The molecule has 0 N–H and O–H groups in total. The number of cyclic esters (lactones) is 1. The Labute approximate surface area is 122 Å². The van der Waals surface area contributed by atoms with Gasteiger partial charge in [-0.2, -0.15) is 0 Å². The zero-order chi connectivity index (χ0) is 15.2. The number of nitrogens with zero attached hydrogens (tertiary/aromatic N) is 2. The molecular weight excluding hydrogens is 296 g/mol. The molecule has 0 bridgehead atoms. The molecule has 112 valence electrons. The van der Waals surface area contributed by atoms with E-state index in [4.69, 9.17) is 4.74 Å². The number of fused-ring (bicyclic) bond motifs is 1. The van der Waals surface area contributed by atoms with Gasteiger partial charge in [-0.05, 0) is 18.1 Å². The number of carbonyl (C=O) groups is 2. The Morgan fingerprint density at radius 3 is 2.57 bits per heavy atom. The molecule has 1 atom stereocenters. The van der Waals surface area contributed by atoms with E-state index < -0.39 is 28.1 Å². The van der Waals surface area contributed by atoms with E-state index in [1.165, 1.54) is 4.31 Å². The van der Waals surface area contributed by atoms with Crippen LogP contribution < -0.4 is 4.31 Å². The van der Waals surface area contributed by atoms with E-state index in [1.54, 1.807) is 24.3 Å². The maximum Gasteiger partial charge on any atom is 0.417 e. The fourth-order valence-electron chi connectivity index (χ4n) is 2.74. The Bertz CT molecular complexity index is 699. The van der Waals surface area contributed by atoms with Crippen LogP contribution in [0.1, 0.15) is 5.56 Å². The molecule has 3 rings (SSSR count). The Morgan fingerprint density at radius 2 is 1.95 bits per heavy atom.